The summed E-state index contributed by atoms with van der Waals surface area (Å²) >= 11 is 0. The van der Waals surface area contributed by atoms with Gasteiger partial charge in [0.2, 0.25) is 11.8 Å². The van der Waals surface area contributed by atoms with Gasteiger partial charge in [0.15, 0.2) is 0 Å². The van der Waals surface area contributed by atoms with E-state index in [1.807, 2.05) is 38.1 Å². The number of hydrogen-bond donors (Lipinski definition) is 1. The summed E-state index contributed by atoms with van der Waals surface area (Å²) < 4.78 is 0. The number of amides is 2. The number of nitrogens with one attached hydrogen (secondary N) is 1. The molecule has 0 aromatic heterocycles. The van der Waals surface area contributed by atoms with Crippen LogP contribution in [0.4, 0.5) is 5.69 Å². The number of rotatable bonds is 5. The molecule has 1 aliphatic heterocycles. The highest BCUT2D eigenvalue weighted by atomic mass is 16.2. The topological polar surface area (TPSA) is 49.4 Å². The van der Waals surface area contributed by atoms with Gasteiger partial charge >= 0.3 is 0 Å². The third kappa shape index (κ3) is 2.18. The fraction of sp³-hybridized carbons (Fsp3) is 0.529. The molecule has 0 spiro atoms. The zero-order valence-corrected chi connectivity index (χ0v) is 12.8. The number of hydrogen-bond acceptors (Lipinski definition) is 3. The molecule has 2 atom stereocenters. The van der Waals surface area contributed by atoms with Gasteiger partial charge in [-0.15, -0.1) is 0 Å². The molecule has 0 radical (unpaired) electrons. The van der Waals surface area contributed by atoms with Crippen LogP contribution in [0.25, 0.3) is 0 Å². The first-order valence-corrected chi connectivity index (χ1v) is 7.66. The second-order valence-corrected chi connectivity index (χ2v) is 6.63. The van der Waals surface area contributed by atoms with E-state index in [-0.39, 0.29) is 29.1 Å². The van der Waals surface area contributed by atoms with Crippen LogP contribution in [-0.4, -0.2) is 18.4 Å². The average Bonchev–Trinajstić information content (AvgIpc) is 2.91. The Kier molecular flexibility index (Phi) is 3.36. The van der Waals surface area contributed by atoms with Crippen LogP contribution in [0, 0.1) is 17.3 Å². The monoisotopic (exact) mass is 286 g/mol. The van der Waals surface area contributed by atoms with Crippen LogP contribution in [0.1, 0.15) is 32.8 Å². The van der Waals surface area contributed by atoms with Crippen LogP contribution in [0.15, 0.2) is 24.3 Å². The molecular weight excluding hydrogens is 264 g/mol. The first-order valence-electron chi connectivity index (χ1n) is 7.66. The molecule has 1 aromatic carbocycles. The zero-order valence-electron chi connectivity index (χ0n) is 12.8. The van der Waals surface area contributed by atoms with Crippen molar-refractivity contribution < 1.29 is 9.59 Å². The summed E-state index contributed by atoms with van der Waals surface area (Å²) in [6.45, 7) is 7.93. The fourth-order valence-electron chi connectivity index (χ4n) is 3.37. The number of imide groups is 1. The fourth-order valence-corrected chi connectivity index (χ4v) is 3.37. The van der Waals surface area contributed by atoms with E-state index in [9.17, 15) is 9.59 Å². The first-order chi connectivity index (χ1) is 9.98. The summed E-state index contributed by atoms with van der Waals surface area (Å²) in [6, 6.07) is 7.70. The third-order valence-corrected chi connectivity index (χ3v) is 4.75. The molecule has 1 N–H and O–H groups in total. The largest absolute Gasteiger partial charge is 0.313 e. The second-order valence-electron chi connectivity index (χ2n) is 6.63. The van der Waals surface area contributed by atoms with E-state index in [0.29, 0.717) is 5.69 Å². The molecule has 4 nitrogen and oxygen atoms in total. The zero-order chi connectivity index (χ0) is 15.2. The molecule has 2 fully saturated rings. The van der Waals surface area contributed by atoms with Gasteiger partial charge in [0.05, 0.1) is 17.5 Å². The highest BCUT2D eigenvalue weighted by molar-refractivity contribution is 6.25. The summed E-state index contributed by atoms with van der Waals surface area (Å²) in [5.41, 5.74) is 1.72. The van der Waals surface area contributed by atoms with Crippen molar-refractivity contribution in [3.63, 3.8) is 0 Å². The molecule has 3 rings (SSSR count). The first kappa shape index (κ1) is 14.3. The van der Waals surface area contributed by atoms with Crippen molar-refractivity contribution in [2.24, 2.45) is 17.3 Å². The van der Waals surface area contributed by atoms with Crippen molar-refractivity contribution in [1.29, 1.82) is 0 Å². The molecule has 2 amide bonds. The van der Waals surface area contributed by atoms with Crippen LogP contribution < -0.4 is 10.2 Å². The number of fused-ring (bicyclic) bond motifs is 1. The predicted molar refractivity (Wildman–Crippen MR) is 81.7 cm³/mol. The highest BCUT2D eigenvalue weighted by Crippen LogP contribution is 2.63. The van der Waals surface area contributed by atoms with Gasteiger partial charge in [-0.3, -0.25) is 14.5 Å². The van der Waals surface area contributed by atoms with Crippen LogP contribution in [-0.2, 0) is 16.1 Å². The van der Waals surface area contributed by atoms with Gasteiger partial charge in [0.25, 0.3) is 0 Å². The van der Waals surface area contributed by atoms with E-state index in [4.69, 9.17) is 0 Å². The van der Waals surface area contributed by atoms with Gasteiger partial charge in [-0.05, 0) is 36.1 Å². The van der Waals surface area contributed by atoms with E-state index in [0.717, 1.165) is 25.1 Å². The molecule has 2 aliphatic rings. The van der Waals surface area contributed by atoms with Crippen LogP contribution in [0.3, 0.4) is 0 Å². The SMILES string of the molecule is CCCNCc1ccc(N2C(=O)C3C(C2=O)C3(C)C)cc1. The Morgan fingerprint density at radius 3 is 2.19 bits per heavy atom. The summed E-state index contributed by atoms with van der Waals surface area (Å²) in [5, 5.41) is 3.34. The van der Waals surface area contributed by atoms with Gasteiger partial charge in [-0.25, -0.2) is 0 Å². The summed E-state index contributed by atoms with van der Waals surface area (Å²) in [4.78, 5) is 26.1. The molecule has 1 heterocycles. The number of anilines is 1. The van der Waals surface area contributed by atoms with Crippen LogP contribution >= 0.6 is 0 Å². The number of benzene rings is 1. The maximum Gasteiger partial charge on any atom is 0.238 e. The van der Waals surface area contributed by atoms with E-state index < -0.39 is 0 Å². The quantitative estimate of drug-likeness (QED) is 0.667. The van der Waals surface area contributed by atoms with Crippen molar-refractivity contribution in [3.8, 4) is 0 Å². The van der Waals surface area contributed by atoms with E-state index in [1.54, 1.807) is 0 Å². The van der Waals surface area contributed by atoms with Crippen molar-refractivity contribution in [2.75, 3.05) is 11.4 Å². The number of nitrogens with zero attached hydrogens (tertiary/aromatic N) is 1. The summed E-state index contributed by atoms with van der Waals surface area (Å²) in [5.74, 6) is -0.300. The molecule has 4 heteroatoms. The molecule has 1 aliphatic carbocycles. The molecule has 21 heavy (non-hydrogen) atoms. The average molecular weight is 286 g/mol. The van der Waals surface area contributed by atoms with Crippen molar-refractivity contribution in [1.82, 2.24) is 5.32 Å². The smallest absolute Gasteiger partial charge is 0.238 e. The van der Waals surface area contributed by atoms with Crippen LogP contribution in [0.5, 0.6) is 0 Å². The minimum Gasteiger partial charge on any atom is -0.313 e. The molecule has 1 saturated carbocycles. The molecule has 112 valence electrons. The predicted octanol–water partition coefficient (Wildman–Crippen LogP) is 2.33. The Balaban J connectivity index is 1.71. The van der Waals surface area contributed by atoms with Gasteiger partial charge in [-0.2, -0.15) is 0 Å². The van der Waals surface area contributed by atoms with Gasteiger partial charge in [-0.1, -0.05) is 32.9 Å². The molecule has 0 bridgehead atoms. The minimum atomic E-state index is -0.144. The van der Waals surface area contributed by atoms with Crippen LogP contribution in [0.2, 0.25) is 0 Å². The maximum atomic E-state index is 12.4. The summed E-state index contributed by atoms with van der Waals surface area (Å²) in [7, 11) is 0. The van der Waals surface area contributed by atoms with Gasteiger partial charge in [0.1, 0.15) is 0 Å². The lowest BCUT2D eigenvalue weighted by Gasteiger charge is -2.20. The highest BCUT2D eigenvalue weighted by Gasteiger charge is 2.72. The Hall–Kier alpha value is -1.68. The Labute approximate surface area is 125 Å². The third-order valence-electron chi connectivity index (χ3n) is 4.75. The Morgan fingerprint density at radius 1 is 1.10 bits per heavy atom. The standard InChI is InChI=1S/C17H22N2O2/c1-4-9-18-10-11-5-7-12(8-6-11)19-15(20)13-14(16(19)21)17(13,2)3/h5-8,13-14,18H,4,9-10H2,1-3H3. The normalized spacial score (nSPS) is 26.1. The molecular formula is C17H22N2O2. The summed E-state index contributed by atoms with van der Waals surface area (Å²) in [6.07, 6.45) is 1.10. The van der Waals surface area contributed by atoms with Gasteiger partial charge in [0, 0.05) is 6.54 Å². The minimum absolute atomic E-state index is 0.0353. The van der Waals surface area contributed by atoms with E-state index in [2.05, 4.69) is 12.2 Å². The molecule has 1 aromatic rings. The Bertz CT molecular complexity index is 553. The number of carbonyl (C=O) groups excluding carboxylic acids is 2. The van der Waals surface area contributed by atoms with E-state index >= 15 is 0 Å². The lowest BCUT2D eigenvalue weighted by atomic mass is 10.0. The number of piperidine rings is 1. The number of carbonyl (C=O) groups is 2. The Morgan fingerprint density at radius 2 is 1.67 bits per heavy atom. The molecule has 2 unspecified atom stereocenters. The van der Waals surface area contributed by atoms with Crippen molar-refractivity contribution in [3.05, 3.63) is 29.8 Å². The lowest BCUT2D eigenvalue weighted by Crippen LogP contribution is -2.36. The lowest BCUT2D eigenvalue weighted by molar-refractivity contribution is -0.125. The van der Waals surface area contributed by atoms with Crippen molar-refractivity contribution >= 4 is 17.5 Å². The van der Waals surface area contributed by atoms with Crippen molar-refractivity contribution in [2.45, 2.75) is 33.7 Å². The second kappa shape index (κ2) is 4.95. The molecule has 1 saturated heterocycles. The van der Waals surface area contributed by atoms with E-state index in [1.165, 1.54) is 4.90 Å². The maximum absolute atomic E-state index is 12.4. The van der Waals surface area contributed by atoms with Gasteiger partial charge < -0.3 is 5.32 Å².